The predicted molar refractivity (Wildman–Crippen MR) is 75.1 cm³/mol. The largest absolute Gasteiger partial charge is 0.496 e. The van der Waals surface area contributed by atoms with Crippen molar-refractivity contribution in [2.24, 2.45) is 0 Å². The fourth-order valence-corrected chi connectivity index (χ4v) is 2.50. The van der Waals surface area contributed by atoms with Gasteiger partial charge in [-0.15, -0.1) is 11.3 Å². The van der Waals surface area contributed by atoms with E-state index in [9.17, 15) is 0 Å². The molecule has 0 radical (unpaired) electrons. The molecule has 1 heterocycles. The second kappa shape index (κ2) is 5.98. The van der Waals surface area contributed by atoms with E-state index in [0.29, 0.717) is 0 Å². The van der Waals surface area contributed by atoms with Gasteiger partial charge in [0.05, 0.1) is 17.8 Å². The molecule has 96 valence electrons. The van der Waals surface area contributed by atoms with Crippen LogP contribution >= 0.6 is 11.3 Å². The van der Waals surface area contributed by atoms with Crippen LogP contribution in [0.1, 0.15) is 29.2 Å². The van der Waals surface area contributed by atoms with Crippen LogP contribution in [0.15, 0.2) is 29.6 Å². The van der Waals surface area contributed by atoms with Crippen molar-refractivity contribution in [3.05, 3.63) is 45.9 Å². The molecule has 0 aliphatic rings. The average molecular weight is 262 g/mol. The number of aromatic nitrogens is 1. The Bertz CT molecular complexity index is 510. The molecule has 1 unspecified atom stereocenters. The van der Waals surface area contributed by atoms with E-state index in [1.165, 1.54) is 5.56 Å². The highest BCUT2D eigenvalue weighted by molar-refractivity contribution is 7.09. The van der Waals surface area contributed by atoms with E-state index in [1.54, 1.807) is 18.4 Å². The average Bonchev–Trinajstić information content (AvgIpc) is 2.83. The third-order valence-corrected chi connectivity index (χ3v) is 3.66. The molecule has 2 aromatic rings. The summed E-state index contributed by atoms with van der Waals surface area (Å²) in [5.41, 5.74) is 2.27. The fourth-order valence-electron chi connectivity index (χ4n) is 1.80. The number of ether oxygens (including phenoxy) is 1. The van der Waals surface area contributed by atoms with Crippen LogP contribution in [-0.4, -0.2) is 12.1 Å². The smallest absolute Gasteiger partial charge is 0.123 e. The van der Waals surface area contributed by atoms with E-state index in [1.807, 2.05) is 25.1 Å². The highest BCUT2D eigenvalue weighted by Crippen LogP contribution is 2.20. The lowest BCUT2D eigenvalue weighted by Crippen LogP contribution is -2.18. The first-order chi connectivity index (χ1) is 8.70. The van der Waals surface area contributed by atoms with E-state index >= 15 is 0 Å². The number of nitrogens with one attached hydrogen (secondary N) is 1. The number of rotatable bonds is 5. The zero-order valence-corrected chi connectivity index (χ0v) is 11.8. The predicted octanol–water partition coefficient (Wildman–Crippen LogP) is 3.31. The molecule has 3 nitrogen and oxygen atoms in total. The summed E-state index contributed by atoms with van der Waals surface area (Å²) in [5.74, 6) is 0.923. The minimum atomic E-state index is 0.250. The third-order valence-electron chi connectivity index (χ3n) is 2.87. The minimum absolute atomic E-state index is 0.250. The van der Waals surface area contributed by atoms with Crippen LogP contribution in [0.2, 0.25) is 0 Å². The van der Waals surface area contributed by atoms with Gasteiger partial charge in [-0.05, 0) is 19.9 Å². The Kier molecular flexibility index (Phi) is 4.33. The number of para-hydroxylation sites is 1. The van der Waals surface area contributed by atoms with E-state index in [-0.39, 0.29) is 6.04 Å². The van der Waals surface area contributed by atoms with Crippen LogP contribution in [0.4, 0.5) is 0 Å². The summed E-state index contributed by atoms with van der Waals surface area (Å²) in [6.45, 7) is 4.94. The zero-order valence-electron chi connectivity index (χ0n) is 10.9. The lowest BCUT2D eigenvalue weighted by Gasteiger charge is -2.13. The van der Waals surface area contributed by atoms with Gasteiger partial charge in [-0.25, -0.2) is 4.98 Å². The number of thiazole rings is 1. The highest BCUT2D eigenvalue weighted by atomic mass is 32.1. The van der Waals surface area contributed by atoms with Crippen LogP contribution < -0.4 is 10.1 Å². The van der Waals surface area contributed by atoms with Crippen molar-refractivity contribution < 1.29 is 4.74 Å². The normalized spacial score (nSPS) is 12.4. The van der Waals surface area contributed by atoms with Crippen molar-refractivity contribution in [2.75, 3.05) is 7.11 Å². The molecule has 0 bridgehead atoms. The maximum Gasteiger partial charge on any atom is 0.123 e. The van der Waals surface area contributed by atoms with Gasteiger partial charge in [0.1, 0.15) is 5.75 Å². The van der Waals surface area contributed by atoms with Gasteiger partial charge in [-0.2, -0.15) is 0 Å². The van der Waals surface area contributed by atoms with Gasteiger partial charge >= 0.3 is 0 Å². The van der Waals surface area contributed by atoms with Crippen LogP contribution in [0, 0.1) is 6.92 Å². The molecule has 4 heteroatoms. The van der Waals surface area contributed by atoms with Gasteiger partial charge < -0.3 is 10.1 Å². The Morgan fingerprint density at radius 1 is 1.39 bits per heavy atom. The summed E-state index contributed by atoms with van der Waals surface area (Å²) in [6.07, 6.45) is 0. The van der Waals surface area contributed by atoms with Gasteiger partial charge in [0.15, 0.2) is 0 Å². The van der Waals surface area contributed by atoms with Crippen LogP contribution in [0.3, 0.4) is 0 Å². The molecule has 0 amide bonds. The molecular formula is C14H18N2OS. The van der Waals surface area contributed by atoms with E-state index in [2.05, 4.69) is 28.7 Å². The first-order valence-electron chi connectivity index (χ1n) is 5.98. The molecule has 2 rings (SSSR count). The van der Waals surface area contributed by atoms with Gasteiger partial charge in [0.2, 0.25) is 0 Å². The Labute approximate surface area is 112 Å². The second-order valence-electron chi connectivity index (χ2n) is 4.21. The zero-order chi connectivity index (χ0) is 13.0. The lowest BCUT2D eigenvalue weighted by molar-refractivity contribution is 0.406. The van der Waals surface area contributed by atoms with Crippen molar-refractivity contribution in [1.82, 2.24) is 10.3 Å². The Morgan fingerprint density at radius 2 is 2.17 bits per heavy atom. The Hall–Kier alpha value is -1.39. The first kappa shape index (κ1) is 13.1. The molecule has 0 fully saturated rings. The van der Waals surface area contributed by atoms with E-state index < -0.39 is 0 Å². The molecular weight excluding hydrogens is 244 g/mol. The summed E-state index contributed by atoms with van der Waals surface area (Å²) in [6, 6.07) is 8.31. The van der Waals surface area contributed by atoms with Crippen molar-refractivity contribution in [2.45, 2.75) is 26.4 Å². The molecule has 0 saturated heterocycles. The molecule has 1 aromatic carbocycles. The van der Waals surface area contributed by atoms with Gasteiger partial charge in [-0.1, -0.05) is 18.2 Å². The molecule has 0 spiro atoms. The molecule has 1 atom stereocenters. The third kappa shape index (κ3) is 3.09. The quantitative estimate of drug-likeness (QED) is 0.897. The number of hydrogen-bond acceptors (Lipinski definition) is 4. The summed E-state index contributed by atoms with van der Waals surface area (Å²) in [5, 5.41) is 6.68. The Balaban J connectivity index is 1.99. The number of methoxy groups -OCH3 is 1. The maximum atomic E-state index is 5.33. The van der Waals surface area contributed by atoms with Crippen molar-refractivity contribution in [1.29, 1.82) is 0 Å². The summed E-state index contributed by atoms with van der Waals surface area (Å²) >= 11 is 1.69. The summed E-state index contributed by atoms with van der Waals surface area (Å²) in [4.78, 5) is 4.49. The SMILES string of the molecule is COc1ccccc1CNC(C)c1csc(C)n1. The second-order valence-corrected chi connectivity index (χ2v) is 5.27. The van der Waals surface area contributed by atoms with Crippen molar-refractivity contribution in [3.63, 3.8) is 0 Å². The Morgan fingerprint density at radius 3 is 2.83 bits per heavy atom. The highest BCUT2D eigenvalue weighted by Gasteiger charge is 2.09. The number of aryl methyl sites for hydroxylation is 1. The van der Waals surface area contributed by atoms with E-state index in [0.717, 1.165) is 23.0 Å². The number of benzene rings is 1. The molecule has 18 heavy (non-hydrogen) atoms. The van der Waals surface area contributed by atoms with Crippen LogP contribution in [0.25, 0.3) is 0 Å². The van der Waals surface area contributed by atoms with Crippen molar-refractivity contribution >= 4 is 11.3 Å². The summed E-state index contributed by atoms with van der Waals surface area (Å²) < 4.78 is 5.33. The van der Waals surface area contributed by atoms with Gasteiger partial charge in [0.25, 0.3) is 0 Å². The number of nitrogens with zero attached hydrogens (tertiary/aromatic N) is 1. The molecule has 0 aliphatic carbocycles. The maximum absolute atomic E-state index is 5.33. The topological polar surface area (TPSA) is 34.1 Å². The van der Waals surface area contributed by atoms with Crippen LogP contribution in [0.5, 0.6) is 5.75 Å². The molecule has 0 aliphatic heterocycles. The first-order valence-corrected chi connectivity index (χ1v) is 6.86. The standard InChI is InChI=1S/C14H18N2OS/c1-10(13-9-18-11(2)16-13)15-8-12-6-4-5-7-14(12)17-3/h4-7,9-10,15H,8H2,1-3H3. The van der Waals surface area contributed by atoms with E-state index in [4.69, 9.17) is 4.74 Å². The van der Waals surface area contributed by atoms with Gasteiger partial charge in [-0.3, -0.25) is 0 Å². The number of hydrogen-bond donors (Lipinski definition) is 1. The monoisotopic (exact) mass is 262 g/mol. The fraction of sp³-hybridized carbons (Fsp3) is 0.357. The summed E-state index contributed by atoms with van der Waals surface area (Å²) in [7, 11) is 1.70. The minimum Gasteiger partial charge on any atom is -0.496 e. The van der Waals surface area contributed by atoms with Crippen LogP contribution in [-0.2, 0) is 6.54 Å². The van der Waals surface area contributed by atoms with Gasteiger partial charge in [0, 0.05) is 23.5 Å². The molecule has 0 saturated carbocycles. The lowest BCUT2D eigenvalue weighted by atomic mass is 10.2. The molecule has 1 aromatic heterocycles. The van der Waals surface area contributed by atoms with Crippen molar-refractivity contribution in [3.8, 4) is 5.75 Å². The molecule has 1 N–H and O–H groups in total.